The molecule has 2 aromatic carbocycles. The number of methoxy groups -OCH3 is 1. The van der Waals surface area contributed by atoms with Crippen LogP contribution in [0, 0.1) is 11.3 Å². The lowest BCUT2D eigenvalue weighted by atomic mass is 10.0. The number of ketones is 1. The van der Waals surface area contributed by atoms with Gasteiger partial charge in [-0.1, -0.05) is 30.3 Å². The number of allylic oxidation sites excluding steroid dienone is 1. The van der Waals surface area contributed by atoms with E-state index in [1.807, 2.05) is 6.07 Å². The number of benzene rings is 2. The maximum atomic E-state index is 12.5. The summed E-state index contributed by atoms with van der Waals surface area (Å²) in [5.74, 6) is -1.11. The molecule has 0 atom stereocenters. The molecular weight excluding hydrogens is 322 g/mol. The molecule has 0 amide bonds. The number of hydrogen-bond donors (Lipinski definition) is 0. The minimum atomic E-state index is -1.37. The standard InChI is InChI=1S/C19H15NO5/c1-24-16-7-4-6-14(10-16)19(23)15(11-20)9-13-5-2-3-8-17(13)25-12-18(21)22/h2-10H,12H2,1H3,(H,21,22)/p-1/b15-9+. The van der Waals surface area contributed by atoms with E-state index in [-0.39, 0.29) is 11.3 Å². The summed E-state index contributed by atoms with van der Waals surface area (Å²) in [4.78, 5) is 23.1. The monoisotopic (exact) mass is 336 g/mol. The van der Waals surface area contributed by atoms with Crippen LogP contribution in [0.25, 0.3) is 6.08 Å². The number of ether oxygens (including phenoxy) is 2. The molecule has 0 aliphatic rings. The SMILES string of the molecule is COc1cccc(C(=O)/C(C#N)=C/c2ccccc2OCC(=O)[O-])c1. The number of carbonyl (C=O) groups excluding carboxylic acids is 2. The summed E-state index contributed by atoms with van der Waals surface area (Å²) >= 11 is 0. The molecule has 0 heterocycles. The van der Waals surface area contributed by atoms with E-state index in [0.717, 1.165) is 0 Å². The first-order chi connectivity index (χ1) is 12.0. The number of hydrogen-bond acceptors (Lipinski definition) is 6. The molecule has 2 rings (SSSR count). The third-order valence-corrected chi connectivity index (χ3v) is 3.26. The first kappa shape index (κ1) is 17.8. The number of carboxylic acids is 1. The van der Waals surface area contributed by atoms with Crippen LogP contribution >= 0.6 is 0 Å². The first-order valence-electron chi connectivity index (χ1n) is 7.27. The van der Waals surface area contributed by atoms with E-state index in [0.29, 0.717) is 16.9 Å². The van der Waals surface area contributed by atoms with Gasteiger partial charge in [-0.2, -0.15) is 5.26 Å². The Morgan fingerprint density at radius 3 is 2.64 bits per heavy atom. The molecular formula is C19H14NO5-. The van der Waals surface area contributed by atoms with Crippen molar-refractivity contribution in [1.82, 2.24) is 0 Å². The molecule has 0 aliphatic carbocycles. The Balaban J connectivity index is 2.35. The summed E-state index contributed by atoms with van der Waals surface area (Å²) in [6, 6.07) is 14.8. The molecule has 0 saturated carbocycles. The quantitative estimate of drug-likeness (QED) is 0.433. The van der Waals surface area contributed by atoms with Crippen molar-refractivity contribution in [3.05, 3.63) is 65.2 Å². The number of aliphatic carboxylic acids is 1. The van der Waals surface area contributed by atoms with Crippen LogP contribution in [0.4, 0.5) is 0 Å². The molecule has 0 unspecified atom stereocenters. The second-order valence-corrected chi connectivity index (χ2v) is 4.93. The van der Waals surface area contributed by atoms with Gasteiger partial charge in [0.05, 0.1) is 13.1 Å². The van der Waals surface area contributed by atoms with Crippen molar-refractivity contribution in [2.24, 2.45) is 0 Å². The van der Waals surface area contributed by atoms with Gasteiger partial charge in [0, 0.05) is 11.1 Å². The van der Waals surface area contributed by atoms with Gasteiger partial charge in [-0.15, -0.1) is 0 Å². The summed E-state index contributed by atoms with van der Waals surface area (Å²) in [6.07, 6.45) is 1.35. The molecule has 6 heteroatoms. The molecule has 0 bridgehead atoms. The molecule has 0 aromatic heterocycles. The van der Waals surface area contributed by atoms with Gasteiger partial charge in [0.1, 0.15) is 29.7 Å². The zero-order chi connectivity index (χ0) is 18.2. The molecule has 0 aliphatic heterocycles. The number of carbonyl (C=O) groups is 2. The lowest BCUT2D eigenvalue weighted by Crippen LogP contribution is -2.29. The van der Waals surface area contributed by atoms with Crippen LogP contribution in [-0.2, 0) is 4.79 Å². The van der Waals surface area contributed by atoms with Crippen molar-refractivity contribution >= 4 is 17.8 Å². The van der Waals surface area contributed by atoms with Gasteiger partial charge in [0.25, 0.3) is 0 Å². The molecule has 2 aromatic rings. The molecule has 0 fully saturated rings. The fourth-order valence-corrected chi connectivity index (χ4v) is 2.09. The van der Waals surface area contributed by atoms with Crippen LogP contribution < -0.4 is 14.6 Å². The minimum absolute atomic E-state index is 0.113. The molecule has 0 N–H and O–H groups in total. The number of nitrogens with zero attached hydrogens (tertiary/aromatic N) is 1. The molecule has 0 saturated heterocycles. The fraction of sp³-hybridized carbons (Fsp3) is 0.105. The molecule has 0 radical (unpaired) electrons. The topological polar surface area (TPSA) is 99.5 Å². The molecule has 0 spiro atoms. The van der Waals surface area contributed by atoms with Gasteiger partial charge in [-0.05, 0) is 24.3 Å². The van der Waals surface area contributed by atoms with E-state index in [4.69, 9.17) is 9.47 Å². The average molecular weight is 336 g/mol. The van der Waals surface area contributed by atoms with Crippen molar-refractivity contribution in [2.45, 2.75) is 0 Å². The first-order valence-corrected chi connectivity index (χ1v) is 7.27. The Labute approximate surface area is 144 Å². The van der Waals surface area contributed by atoms with Crippen molar-refractivity contribution in [1.29, 1.82) is 5.26 Å². The Hall–Kier alpha value is -3.59. The molecule has 126 valence electrons. The fourth-order valence-electron chi connectivity index (χ4n) is 2.09. The maximum absolute atomic E-state index is 12.5. The highest BCUT2D eigenvalue weighted by atomic mass is 16.5. The van der Waals surface area contributed by atoms with Gasteiger partial charge in [0.15, 0.2) is 0 Å². The Kier molecular flexibility index (Phi) is 5.91. The summed E-state index contributed by atoms with van der Waals surface area (Å²) in [6.45, 7) is -0.628. The van der Waals surface area contributed by atoms with Crippen molar-refractivity contribution in [2.75, 3.05) is 13.7 Å². The van der Waals surface area contributed by atoms with Crippen molar-refractivity contribution < 1.29 is 24.2 Å². The van der Waals surface area contributed by atoms with Crippen molar-refractivity contribution in [3.8, 4) is 17.6 Å². The van der Waals surface area contributed by atoms with Crippen LogP contribution in [0.5, 0.6) is 11.5 Å². The summed E-state index contributed by atoms with van der Waals surface area (Å²) in [5.41, 5.74) is 0.606. The number of Topliss-reactive ketones (excluding diaryl/α,β-unsaturated/α-hetero) is 1. The van der Waals surface area contributed by atoms with Crippen LogP contribution in [0.2, 0.25) is 0 Å². The number of para-hydroxylation sites is 1. The van der Waals surface area contributed by atoms with Crippen LogP contribution in [0.15, 0.2) is 54.1 Å². The van der Waals surface area contributed by atoms with Crippen LogP contribution in [0.1, 0.15) is 15.9 Å². The normalized spacial score (nSPS) is 10.6. The third-order valence-electron chi connectivity index (χ3n) is 3.26. The highest BCUT2D eigenvalue weighted by molar-refractivity contribution is 6.14. The number of nitriles is 1. The van der Waals surface area contributed by atoms with Crippen LogP contribution in [0.3, 0.4) is 0 Å². The zero-order valence-corrected chi connectivity index (χ0v) is 13.4. The lowest BCUT2D eigenvalue weighted by Gasteiger charge is -2.10. The van der Waals surface area contributed by atoms with E-state index in [2.05, 4.69) is 0 Å². The average Bonchev–Trinajstić information content (AvgIpc) is 2.64. The Morgan fingerprint density at radius 2 is 1.96 bits per heavy atom. The van der Waals surface area contributed by atoms with Gasteiger partial charge >= 0.3 is 0 Å². The summed E-state index contributed by atoms with van der Waals surface area (Å²) in [5, 5.41) is 19.9. The van der Waals surface area contributed by atoms with E-state index in [1.165, 1.54) is 19.3 Å². The van der Waals surface area contributed by atoms with Gasteiger partial charge in [-0.3, -0.25) is 4.79 Å². The predicted octanol–water partition coefficient (Wildman–Crippen LogP) is 1.61. The number of carboxylic acid groups (broad SMARTS) is 1. The van der Waals surface area contributed by atoms with E-state index in [9.17, 15) is 20.0 Å². The predicted molar refractivity (Wildman–Crippen MR) is 87.9 cm³/mol. The van der Waals surface area contributed by atoms with E-state index >= 15 is 0 Å². The number of rotatable bonds is 7. The van der Waals surface area contributed by atoms with Crippen LogP contribution in [-0.4, -0.2) is 25.5 Å². The molecule has 25 heavy (non-hydrogen) atoms. The third kappa shape index (κ3) is 4.69. The van der Waals surface area contributed by atoms with Crippen molar-refractivity contribution in [3.63, 3.8) is 0 Å². The summed E-state index contributed by atoms with van der Waals surface area (Å²) < 4.78 is 10.2. The van der Waals surface area contributed by atoms with E-state index < -0.39 is 18.4 Å². The maximum Gasteiger partial charge on any atom is 0.203 e. The lowest BCUT2D eigenvalue weighted by molar-refractivity contribution is -0.307. The van der Waals surface area contributed by atoms with E-state index in [1.54, 1.807) is 42.5 Å². The van der Waals surface area contributed by atoms with Gasteiger partial charge < -0.3 is 19.4 Å². The highest BCUT2D eigenvalue weighted by Gasteiger charge is 2.14. The Morgan fingerprint density at radius 1 is 1.20 bits per heavy atom. The largest absolute Gasteiger partial charge is 0.546 e. The summed E-state index contributed by atoms with van der Waals surface area (Å²) in [7, 11) is 1.48. The Bertz CT molecular complexity index is 864. The zero-order valence-electron chi connectivity index (χ0n) is 13.4. The second-order valence-electron chi connectivity index (χ2n) is 4.93. The molecule has 6 nitrogen and oxygen atoms in total. The van der Waals surface area contributed by atoms with Gasteiger partial charge in [-0.25, -0.2) is 0 Å². The smallest absolute Gasteiger partial charge is 0.203 e. The minimum Gasteiger partial charge on any atom is -0.546 e. The second kappa shape index (κ2) is 8.31. The highest BCUT2D eigenvalue weighted by Crippen LogP contribution is 2.23. The van der Waals surface area contributed by atoms with Gasteiger partial charge in [0.2, 0.25) is 5.78 Å².